The number of piperazine rings is 1. The van der Waals surface area contributed by atoms with Crippen molar-refractivity contribution in [1.29, 1.82) is 0 Å². The minimum Gasteiger partial charge on any atom is -0.456 e. The number of benzene rings is 1. The quantitative estimate of drug-likeness (QED) is 0.653. The number of nitrogens with zero attached hydrogens (tertiary/aromatic N) is 4. The van der Waals surface area contributed by atoms with Gasteiger partial charge in [0.15, 0.2) is 5.82 Å². The molecule has 2 aromatic heterocycles. The van der Waals surface area contributed by atoms with Gasteiger partial charge >= 0.3 is 0 Å². The number of carbonyl (C=O) groups is 2. The summed E-state index contributed by atoms with van der Waals surface area (Å²) in [5.41, 5.74) is 0.603. The van der Waals surface area contributed by atoms with Crippen LogP contribution in [-0.2, 0) is 4.79 Å². The van der Waals surface area contributed by atoms with E-state index in [4.69, 9.17) is 9.26 Å². The van der Waals surface area contributed by atoms with E-state index < -0.39 is 0 Å². The monoisotopic (exact) mass is 421 g/mol. The zero-order chi connectivity index (χ0) is 21.6. The number of amides is 2. The molecule has 31 heavy (non-hydrogen) atoms. The molecule has 9 nitrogen and oxygen atoms in total. The molecule has 3 heterocycles. The molecule has 0 radical (unpaired) electrons. The normalized spacial score (nSPS) is 14.3. The topological polar surface area (TPSA) is 101 Å². The van der Waals surface area contributed by atoms with Gasteiger partial charge in [0.25, 0.3) is 5.91 Å². The highest BCUT2D eigenvalue weighted by Crippen LogP contribution is 2.21. The Bertz CT molecular complexity index is 1030. The maximum Gasteiger partial charge on any atom is 0.253 e. The molecule has 1 aromatic carbocycles. The number of aryl methyl sites for hydroxylation is 1. The van der Waals surface area contributed by atoms with Crippen molar-refractivity contribution < 1.29 is 18.8 Å². The van der Waals surface area contributed by atoms with E-state index in [1.165, 1.54) is 0 Å². The fourth-order valence-electron chi connectivity index (χ4n) is 3.31. The number of rotatable bonds is 6. The molecule has 1 N–H and O–H groups in total. The maximum atomic E-state index is 12.8. The zero-order valence-corrected chi connectivity index (χ0v) is 17.2. The largest absolute Gasteiger partial charge is 0.456 e. The Morgan fingerprint density at radius 2 is 1.87 bits per heavy atom. The molecule has 1 aliphatic heterocycles. The van der Waals surface area contributed by atoms with E-state index >= 15 is 0 Å². The van der Waals surface area contributed by atoms with E-state index in [1.54, 1.807) is 60.6 Å². The minimum absolute atomic E-state index is 0.0323. The van der Waals surface area contributed by atoms with Crippen LogP contribution in [0.5, 0.6) is 11.5 Å². The number of hydrogen-bond acceptors (Lipinski definition) is 7. The van der Waals surface area contributed by atoms with Crippen LogP contribution in [-0.4, -0.2) is 64.5 Å². The van der Waals surface area contributed by atoms with Gasteiger partial charge in [-0.15, -0.1) is 0 Å². The number of carbonyl (C=O) groups excluding carboxylic acids is 2. The fourth-order valence-corrected chi connectivity index (χ4v) is 3.31. The highest BCUT2D eigenvalue weighted by molar-refractivity contribution is 5.94. The SMILES string of the molecule is Cc1cc(NC(=O)CN2CCN(C(=O)c3ccc(Oc4cccnc4)cc3)CC2)no1. The maximum absolute atomic E-state index is 12.8. The number of nitrogens with one attached hydrogen (secondary N) is 1. The standard InChI is InChI=1S/C22H23N5O4/c1-16-13-20(25-31-16)24-21(28)15-26-9-11-27(12-10-26)22(29)17-4-6-18(7-5-17)30-19-3-2-8-23-14-19/h2-8,13-14H,9-12,15H2,1H3,(H,24,25,28). The lowest BCUT2D eigenvalue weighted by atomic mass is 10.1. The molecular weight excluding hydrogens is 398 g/mol. The van der Waals surface area contributed by atoms with Crippen molar-refractivity contribution in [3.8, 4) is 11.5 Å². The van der Waals surface area contributed by atoms with Gasteiger partial charge in [-0.25, -0.2) is 0 Å². The third-order valence-corrected chi connectivity index (χ3v) is 4.89. The average molecular weight is 421 g/mol. The third kappa shape index (κ3) is 5.46. The molecule has 0 spiro atoms. The Morgan fingerprint density at radius 1 is 1.10 bits per heavy atom. The van der Waals surface area contributed by atoms with Gasteiger partial charge in [0.05, 0.1) is 12.7 Å². The van der Waals surface area contributed by atoms with Gasteiger partial charge in [-0.1, -0.05) is 5.16 Å². The smallest absolute Gasteiger partial charge is 0.253 e. The summed E-state index contributed by atoms with van der Waals surface area (Å²) in [6, 6.07) is 12.3. The van der Waals surface area contributed by atoms with Gasteiger partial charge in [0.2, 0.25) is 5.91 Å². The molecule has 160 valence electrons. The fraction of sp³-hybridized carbons (Fsp3) is 0.273. The van der Waals surface area contributed by atoms with Gasteiger partial charge in [0, 0.05) is 44.0 Å². The molecule has 4 rings (SSSR count). The molecule has 0 saturated carbocycles. The predicted molar refractivity (Wildman–Crippen MR) is 113 cm³/mol. The number of aromatic nitrogens is 2. The summed E-state index contributed by atoms with van der Waals surface area (Å²) in [5, 5.41) is 6.47. The van der Waals surface area contributed by atoms with Crippen molar-refractivity contribution in [3.63, 3.8) is 0 Å². The van der Waals surface area contributed by atoms with Crippen molar-refractivity contribution in [2.24, 2.45) is 0 Å². The van der Waals surface area contributed by atoms with Gasteiger partial charge in [-0.3, -0.25) is 19.5 Å². The van der Waals surface area contributed by atoms with Gasteiger partial charge in [-0.05, 0) is 43.3 Å². The number of pyridine rings is 1. The summed E-state index contributed by atoms with van der Waals surface area (Å²) in [5.74, 6) is 2.14. The van der Waals surface area contributed by atoms with E-state index in [0.29, 0.717) is 54.8 Å². The molecule has 2 amide bonds. The van der Waals surface area contributed by atoms with E-state index in [2.05, 4.69) is 15.5 Å². The minimum atomic E-state index is -0.155. The molecule has 1 saturated heterocycles. The van der Waals surface area contributed by atoms with Crippen LogP contribution < -0.4 is 10.1 Å². The van der Waals surface area contributed by atoms with Gasteiger partial charge < -0.3 is 19.5 Å². The van der Waals surface area contributed by atoms with E-state index in [9.17, 15) is 9.59 Å². The second kappa shape index (κ2) is 9.40. The van der Waals surface area contributed by atoms with Crippen LogP contribution in [0, 0.1) is 6.92 Å². The first-order valence-electron chi connectivity index (χ1n) is 9.99. The summed E-state index contributed by atoms with van der Waals surface area (Å²) in [6.45, 7) is 4.37. The van der Waals surface area contributed by atoms with Crippen LogP contribution in [0.4, 0.5) is 5.82 Å². The Kier molecular flexibility index (Phi) is 6.23. The molecule has 1 aliphatic rings. The van der Waals surface area contributed by atoms with Crippen molar-refractivity contribution >= 4 is 17.6 Å². The van der Waals surface area contributed by atoms with E-state index in [0.717, 1.165) is 0 Å². The lowest BCUT2D eigenvalue weighted by Crippen LogP contribution is -2.50. The van der Waals surface area contributed by atoms with E-state index in [1.807, 2.05) is 11.0 Å². The van der Waals surface area contributed by atoms with E-state index in [-0.39, 0.29) is 18.4 Å². The van der Waals surface area contributed by atoms with Crippen LogP contribution >= 0.6 is 0 Å². The van der Waals surface area contributed by atoms with Crippen molar-refractivity contribution in [2.45, 2.75) is 6.92 Å². The summed E-state index contributed by atoms with van der Waals surface area (Å²) in [4.78, 5) is 32.8. The second-order valence-corrected chi connectivity index (χ2v) is 7.25. The number of ether oxygens (including phenoxy) is 1. The number of anilines is 1. The highest BCUT2D eigenvalue weighted by atomic mass is 16.5. The van der Waals surface area contributed by atoms with Crippen molar-refractivity contribution in [2.75, 3.05) is 38.0 Å². The highest BCUT2D eigenvalue weighted by Gasteiger charge is 2.23. The first kappa shape index (κ1) is 20.5. The average Bonchev–Trinajstić information content (AvgIpc) is 3.19. The summed E-state index contributed by atoms with van der Waals surface area (Å²) in [7, 11) is 0. The van der Waals surface area contributed by atoms with Crippen LogP contribution in [0.3, 0.4) is 0 Å². The van der Waals surface area contributed by atoms with Gasteiger partial charge in [-0.2, -0.15) is 0 Å². The predicted octanol–water partition coefficient (Wildman–Crippen LogP) is 2.57. The Morgan fingerprint density at radius 3 is 2.52 bits per heavy atom. The molecular formula is C22H23N5O4. The molecule has 0 unspecified atom stereocenters. The Balaban J connectivity index is 1.25. The van der Waals surface area contributed by atoms with Crippen LogP contribution in [0.25, 0.3) is 0 Å². The molecule has 0 atom stereocenters. The van der Waals surface area contributed by atoms with Gasteiger partial charge in [0.1, 0.15) is 17.3 Å². The van der Waals surface area contributed by atoms with Crippen LogP contribution in [0.1, 0.15) is 16.1 Å². The first-order valence-corrected chi connectivity index (χ1v) is 9.99. The lowest BCUT2D eigenvalue weighted by molar-refractivity contribution is -0.117. The Labute approximate surface area is 179 Å². The van der Waals surface area contributed by atoms with Crippen LogP contribution in [0.2, 0.25) is 0 Å². The number of hydrogen-bond donors (Lipinski definition) is 1. The van der Waals surface area contributed by atoms with Crippen molar-refractivity contribution in [3.05, 3.63) is 66.2 Å². The lowest BCUT2D eigenvalue weighted by Gasteiger charge is -2.34. The second-order valence-electron chi connectivity index (χ2n) is 7.25. The Hall–Kier alpha value is -3.72. The molecule has 9 heteroatoms. The molecule has 0 bridgehead atoms. The summed E-state index contributed by atoms with van der Waals surface area (Å²) >= 11 is 0. The third-order valence-electron chi connectivity index (χ3n) is 4.89. The van der Waals surface area contributed by atoms with Crippen LogP contribution in [0.15, 0.2) is 59.4 Å². The first-order chi connectivity index (χ1) is 15.1. The molecule has 1 fully saturated rings. The zero-order valence-electron chi connectivity index (χ0n) is 17.2. The molecule has 0 aliphatic carbocycles. The summed E-state index contributed by atoms with van der Waals surface area (Å²) < 4.78 is 10.7. The summed E-state index contributed by atoms with van der Waals surface area (Å²) in [6.07, 6.45) is 3.31. The van der Waals surface area contributed by atoms with Crippen molar-refractivity contribution in [1.82, 2.24) is 19.9 Å². The molecule has 3 aromatic rings.